The van der Waals surface area contributed by atoms with Crippen LogP contribution in [-0.4, -0.2) is 25.0 Å². The number of rotatable bonds is 0. The smallest absolute Gasteiger partial charge is 0.00403 e. The highest BCUT2D eigenvalue weighted by Crippen LogP contribution is 2.66. The molecule has 1 nitrogen and oxygen atoms in total. The summed E-state index contributed by atoms with van der Waals surface area (Å²) in [6.45, 7) is 7.51. The minimum Gasteiger partial charge on any atom is -0.306 e. The molecule has 1 saturated carbocycles. The van der Waals surface area contributed by atoms with Gasteiger partial charge in [0.25, 0.3) is 0 Å². The van der Waals surface area contributed by atoms with Crippen molar-refractivity contribution < 1.29 is 0 Å². The molecule has 2 rings (SSSR count). The molecule has 0 aromatic rings. The second-order valence-electron chi connectivity index (χ2n) is 5.18. The average Bonchev–Trinajstić information content (AvgIpc) is 2.32. The molecule has 1 heterocycles. The van der Waals surface area contributed by atoms with Crippen LogP contribution < -0.4 is 0 Å². The Bertz CT molecular complexity index is 174. The van der Waals surface area contributed by atoms with E-state index in [4.69, 9.17) is 0 Å². The van der Waals surface area contributed by atoms with Crippen molar-refractivity contribution in [2.75, 3.05) is 20.1 Å². The largest absolute Gasteiger partial charge is 0.306 e. The van der Waals surface area contributed by atoms with Gasteiger partial charge < -0.3 is 4.90 Å². The van der Waals surface area contributed by atoms with Gasteiger partial charge in [-0.15, -0.1) is 0 Å². The van der Waals surface area contributed by atoms with Gasteiger partial charge in [0, 0.05) is 6.54 Å². The lowest BCUT2D eigenvalue weighted by atomic mass is 9.87. The highest BCUT2D eigenvalue weighted by molar-refractivity contribution is 5.11. The molecule has 0 bridgehead atoms. The molecule has 0 radical (unpaired) electrons. The molecular weight excluding hydrogens is 134 g/mol. The van der Waals surface area contributed by atoms with Gasteiger partial charge in [0.1, 0.15) is 0 Å². The van der Waals surface area contributed by atoms with Crippen molar-refractivity contribution >= 4 is 0 Å². The Kier molecular flexibility index (Phi) is 1.39. The van der Waals surface area contributed by atoms with Crippen LogP contribution in [0.15, 0.2) is 0 Å². The first kappa shape index (κ1) is 7.60. The summed E-state index contributed by atoms with van der Waals surface area (Å²) in [7, 11) is 2.26. The third-order valence-electron chi connectivity index (χ3n) is 3.86. The summed E-state index contributed by atoms with van der Waals surface area (Å²) in [5.41, 5.74) is 1.38. The highest BCUT2D eigenvalue weighted by Gasteiger charge is 2.61. The SMILES string of the molecule is CN1CCCC2(C1)CC2(C)C. The number of likely N-dealkylation sites (tertiary alicyclic amines) is 1. The zero-order valence-electron chi connectivity index (χ0n) is 7.98. The first-order valence-electron chi connectivity index (χ1n) is 4.74. The van der Waals surface area contributed by atoms with Crippen LogP contribution in [0.3, 0.4) is 0 Å². The van der Waals surface area contributed by atoms with E-state index in [2.05, 4.69) is 25.8 Å². The summed E-state index contributed by atoms with van der Waals surface area (Å²) in [6.07, 6.45) is 4.36. The van der Waals surface area contributed by atoms with E-state index in [1.54, 1.807) is 0 Å². The normalized spacial score (nSPS) is 42.8. The Labute approximate surface area is 69.8 Å². The molecule has 11 heavy (non-hydrogen) atoms. The summed E-state index contributed by atoms with van der Waals surface area (Å²) in [6, 6.07) is 0. The molecule has 0 amide bonds. The molecule has 0 aromatic carbocycles. The Morgan fingerprint density at radius 3 is 2.27 bits per heavy atom. The molecular formula is C10H19N. The molecule has 64 valence electrons. The van der Waals surface area contributed by atoms with E-state index >= 15 is 0 Å². The quantitative estimate of drug-likeness (QED) is 0.515. The number of nitrogens with zero attached hydrogens (tertiary/aromatic N) is 1. The molecule has 0 aromatic heterocycles. The van der Waals surface area contributed by atoms with Crippen molar-refractivity contribution in [2.45, 2.75) is 33.1 Å². The number of hydrogen-bond donors (Lipinski definition) is 0. The van der Waals surface area contributed by atoms with E-state index in [0.29, 0.717) is 5.41 Å². The van der Waals surface area contributed by atoms with Crippen molar-refractivity contribution in [3.63, 3.8) is 0 Å². The van der Waals surface area contributed by atoms with E-state index in [0.717, 1.165) is 5.41 Å². The van der Waals surface area contributed by atoms with Gasteiger partial charge >= 0.3 is 0 Å². The third-order valence-corrected chi connectivity index (χ3v) is 3.86. The zero-order chi connectivity index (χ0) is 8.11. The van der Waals surface area contributed by atoms with Crippen LogP contribution in [0, 0.1) is 10.8 Å². The minimum atomic E-state index is 0.654. The van der Waals surface area contributed by atoms with Crippen molar-refractivity contribution in [3.8, 4) is 0 Å². The van der Waals surface area contributed by atoms with Crippen LogP contribution in [0.1, 0.15) is 33.1 Å². The zero-order valence-corrected chi connectivity index (χ0v) is 7.98. The van der Waals surface area contributed by atoms with Gasteiger partial charge in [-0.25, -0.2) is 0 Å². The minimum absolute atomic E-state index is 0.654. The number of piperidine rings is 1. The molecule has 1 atom stereocenters. The second-order valence-corrected chi connectivity index (χ2v) is 5.18. The maximum absolute atomic E-state index is 2.50. The summed E-state index contributed by atoms with van der Waals surface area (Å²) in [5.74, 6) is 0. The van der Waals surface area contributed by atoms with Gasteiger partial charge in [-0.3, -0.25) is 0 Å². The Morgan fingerprint density at radius 2 is 1.91 bits per heavy atom. The second kappa shape index (κ2) is 2.01. The molecule has 1 spiro atoms. The first-order chi connectivity index (χ1) is 5.06. The lowest BCUT2D eigenvalue weighted by Gasteiger charge is -2.32. The topological polar surface area (TPSA) is 3.24 Å². The van der Waals surface area contributed by atoms with Crippen LogP contribution in [-0.2, 0) is 0 Å². The van der Waals surface area contributed by atoms with Crippen LogP contribution in [0.25, 0.3) is 0 Å². The lowest BCUT2D eigenvalue weighted by molar-refractivity contribution is 0.163. The molecule has 1 heteroatoms. The van der Waals surface area contributed by atoms with E-state index in [1.165, 1.54) is 32.4 Å². The summed E-state index contributed by atoms with van der Waals surface area (Å²) >= 11 is 0. The lowest BCUT2D eigenvalue weighted by Crippen LogP contribution is -2.35. The summed E-state index contributed by atoms with van der Waals surface area (Å²) in [5, 5.41) is 0. The Balaban J connectivity index is 2.06. The molecule has 2 fully saturated rings. The first-order valence-corrected chi connectivity index (χ1v) is 4.74. The average molecular weight is 153 g/mol. The fourth-order valence-electron chi connectivity index (χ4n) is 2.86. The van der Waals surface area contributed by atoms with Gasteiger partial charge in [-0.2, -0.15) is 0 Å². The van der Waals surface area contributed by atoms with Gasteiger partial charge in [-0.05, 0) is 43.7 Å². The van der Waals surface area contributed by atoms with E-state index in [1.807, 2.05) is 0 Å². The molecule has 0 N–H and O–H groups in total. The van der Waals surface area contributed by atoms with Crippen molar-refractivity contribution in [3.05, 3.63) is 0 Å². The fourth-order valence-corrected chi connectivity index (χ4v) is 2.86. The summed E-state index contributed by atoms with van der Waals surface area (Å²) < 4.78 is 0. The van der Waals surface area contributed by atoms with Crippen molar-refractivity contribution in [2.24, 2.45) is 10.8 Å². The molecule has 1 aliphatic carbocycles. The van der Waals surface area contributed by atoms with Crippen LogP contribution >= 0.6 is 0 Å². The maximum Gasteiger partial charge on any atom is 0.00403 e. The monoisotopic (exact) mass is 153 g/mol. The van der Waals surface area contributed by atoms with Gasteiger partial charge in [0.05, 0.1) is 0 Å². The Morgan fingerprint density at radius 1 is 1.27 bits per heavy atom. The molecule has 2 aliphatic rings. The van der Waals surface area contributed by atoms with E-state index in [-0.39, 0.29) is 0 Å². The van der Waals surface area contributed by atoms with Gasteiger partial charge in [-0.1, -0.05) is 13.8 Å². The molecule has 1 unspecified atom stereocenters. The molecule has 1 saturated heterocycles. The van der Waals surface area contributed by atoms with Crippen LogP contribution in [0.2, 0.25) is 0 Å². The van der Waals surface area contributed by atoms with Crippen LogP contribution in [0.4, 0.5) is 0 Å². The van der Waals surface area contributed by atoms with E-state index < -0.39 is 0 Å². The third kappa shape index (κ3) is 1.01. The van der Waals surface area contributed by atoms with Crippen LogP contribution in [0.5, 0.6) is 0 Å². The maximum atomic E-state index is 2.50. The fraction of sp³-hybridized carbons (Fsp3) is 1.00. The van der Waals surface area contributed by atoms with E-state index in [9.17, 15) is 0 Å². The van der Waals surface area contributed by atoms with Crippen molar-refractivity contribution in [1.82, 2.24) is 4.90 Å². The highest BCUT2D eigenvalue weighted by atomic mass is 15.1. The van der Waals surface area contributed by atoms with Crippen molar-refractivity contribution in [1.29, 1.82) is 0 Å². The predicted molar refractivity (Wildman–Crippen MR) is 47.6 cm³/mol. The summed E-state index contributed by atoms with van der Waals surface area (Å²) in [4.78, 5) is 2.50. The number of hydrogen-bond acceptors (Lipinski definition) is 1. The van der Waals surface area contributed by atoms with Gasteiger partial charge in [0.15, 0.2) is 0 Å². The Hall–Kier alpha value is -0.0400. The predicted octanol–water partition coefficient (Wildman–Crippen LogP) is 2.13. The molecule has 1 aliphatic heterocycles. The van der Waals surface area contributed by atoms with Gasteiger partial charge in [0.2, 0.25) is 0 Å². The standard InChI is InChI=1S/C10H19N/c1-9(2)7-10(9)5-4-6-11(3)8-10/h4-8H2,1-3H3.